The van der Waals surface area contributed by atoms with E-state index in [2.05, 4.69) is 65.8 Å². The summed E-state index contributed by atoms with van der Waals surface area (Å²) in [7, 11) is 0. The molecule has 1 nitrogen and oxygen atoms in total. The van der Waals surface area contributed by atoms with E-state index in [0.29, 0.717) is 5.41 Å². The highest BCUT2D eigenvalue weighted by molar-refractivity contribution is 9.10. The average molecular weight is 414 g/mol. The van der Waals surface area contributed by atoms with Crippen molar-refractivity contribution in [3.05, 3.63) is 28.5 Å². The summed E-state index contributed by atoms with van der Waals surface area (Å²) in [5.41, 5.74) is 1.60. The molecule has 0 atom stereocenters. The van der Waals surface area contributed by atoms with E-state index >= 15 is 0 Å². The molecule has 0 aromatic carbocycles. The van der Waals surface area contributed by atoms with E-state index in [0.717, 1.165) is 21.6 Å². The van der Waals surface area contributed by atoms with Crippen LogP contribution < -0.4 is 0 Å². The van der Waals surface area contributed by atoms with Crippen molar-refractivity contribution in [1.82, 2.24) is 4.98 Å². The number of hydrogen-bond acceptors (Lipinski definition) is 1. The van der Waals surface area contributed by atoms with Crippen LogP contribution in [0.2, 0.25) is 0 Å². The molecule has 1 aromatic heterocycles. The van der Waals surface area contributed by atoms with Gasteiger partial charge in [-0.25, -0.2) is 0 Å². The van der Waals surface area contributed by atoms with Crippen LogP contribution >= 0.6 is 47.8 Å². The quantitative estimate of drug-likeness (QED) is 0.600. The van der Waals surface area contributed by atoms with E-state index in [4.69, 9.17) is 0 Å². The standard InChI is InChI=1S/C12H16Br3N/c1-2-3-12(8-13,9-14)5-10-4-11(15)7-16-6-10/h4,6-7H,2-3,5,8-9H2,1H3. The lowest BCUT2D eigenvalue weighted by atomic mass is 9.82. The predicted molar refractivity (Wildman–Crippen MR) is 80.6 cm³/mol. The minimum atomic E-state index is 0.303. The second kappa shape index (κ2) is 7.12. The van der Waals surface area contributed by atoms with Crippen molar-refractivity contribution in [2.45, 2.75) is 26.2 Å². The van der Waals surface area contributed by atoms with Crippen LogP contribution in [0.15, 0.2) is 22.9 Å². The SMILES string of the molecule is CCCC(CBr)(CBr)Cc1cncc(Br)c1. The van der Waals surface area contributed by atoms with E-state index in [1.165, 1.54) is 18.4 Å². The Hall–Kier alpha value is 0.590. The molecule has 0 spiro atoms. The van der Waals surface area contributed by atoms with Crippen molar-refractivity contribution in [3.63, 3.8) is 0 Å². The minimum absolute atomic E-state index is 0.303. The molecule has 0 aliphatic carbocycles. The third kappa shape index (κ3) is 4.11. The first-order valence-electron chi connectivity index (χ1n) is 5.37. The molecule has 0 fully saturated rings. The van der Waals surface area contributed by atoms with Gasteiger partial charge in [0.2, 0.25) is 0 Å². The van der Waals surface area contributed by atoms with Gasteiger partial charge in [-0.1, -0.05) is 45.2 Å². The minimum Gasteiger partial charge on any atom is -0.263 e. The number of pyridine rings is 1. The maximum Gasteiger partial charge on any atom is 0.0410 e. The van der Waals surface area contributed by atoms with Gasteiger partial charge in [0.1, 0.15) is 0 Å². The Kier molecular flexibility index (Phi) is 6.52. The summed E-state index contributed by atoms with van der Waals surface area (Å²) in [5, 5.41) is 2.04. The highest BCUT2D eigenvalue weighted by Gasteiger charge is 2.27. The largest absolute Gasteiger partial charge is 0.263 e. The summed E-state index contributed by atoms with van der Waals surface area (Å²) in [6.07, 6.45) is 7.27. The van der Waals surface area contributed by atoms with Crippen LogP contribution in [-0.2, 0) is 6.42 Å². The average Bonchev–Trinajstić information content (AvgIpc) is 2.28. The number of halogens is 3. The fourth-order valence-electron chi connectivity index (χ4n) is 1.87. The molecular formula is C12H16Br3N. The number of nitrogens with zero attached hydrogens (tertiary/aromatic N) is 1. The molecule has 1 aromatic rings. The lowest BCUT2D eigenvalue weighted by Gasteiger charge is -2.29. The van der Waals surface area contributed by atoms with Gasteiger partial charge in [0.15, 0.2) is 0 Å². The molecule has 0 N–H and O–H groups in total. The Morgan fingerprint density at radius 1 is 1.25 bits per heavy atom. The van der Waals surface area contributed by atoms with Gasteiger partial charge in [0.25, 0.3) is 0 Å². The van der Waals surface area contributed by atoms with Gasteiger partial charge in [-0.05, 0) is 45.8 Å². The van der Waals surface area contributed by atoms with Gasteiger partial charge in [-0.2, -0.15) is 0 Å². The summed E-state index contributed by atoms with van der Waals surface area (Å²) < 4.78 is 1.06. The predicted octanol–water partition coefficient (Wildman–Crippen LogP) is 4.96. The monoisotopic (exact) mass is 411 g/mol. The van der Waals surface area contributed by atoms with Gasteiger partial charge in [-0.3, -0.25) is 4.98 Å². The molecule has 0 saturated heterocycles. The Morgan fingerprint density at radius 3 is 2.44 bits per heavy atom. The zero-order valence-electron chi connectivity index (χ0n) is 9.35. The van der Waals surface area contributed by atoms with E-state index in [9.17, 15) is 0 Å². The van der Waals surface area contributed by atoms with Crippen LogP contribution in [0.1, 0.15) is 25.3 Å². The molecule has 1 heterocycles. The van der Waals surface area contributed by atoms with E-state index in [1.54, 1.807) is 0 Å². The van der Waals surface area contributed by atoms with Crippen LogP contribution in [0.4, 0.5) is 0 Å². The van der Waals surface area contributed by atoms with Gasteiger partial charge in [0, 0.05) is 27.5 Å². The number of alkyl halides is 2. The van der Waals surface area contributed by atoms with Crippen LogP contribution in [0.25, 0.3) is 0 Å². The second-order valence-electron chi connectivity index (χ2n) is 4.21. The summed E-state index contributed by atoms with van der Waals surface area (Å²) in [5.74, 6) is 0. The van der Waals surface area contributed by atoms with Crippen LogP contribution in [-0.4, -0.2) is 15.6 Å². The van der Waals surface area contributed by atoms with Crippen molar-refractivity contribution in [2.24, 2.45) is 5.41 Å². The molecular weight excluding hydrogens is 398 g/mol. The first kappa shape index (κ1) is 14.7. The molecule has 0 saturated carbocycles. The van der Waals surface area contributed by atoms with Crippen LogP contribution in [0, 0.1) is 5.41 Å². The lowest BCUT2D eigenvalue weighted by Crippen LogP contribution is -2.27. The third-order valence-corrected chi connectivity index (χ3v) is 5.50. The fraction of sp³-hybridized carbons (Fsp3) is 0.583. The molecule has 0 aliphatic heterocycles. The molecule has 0 aliphatic rings. The van der Waals surface area contributed by atoms with Gasteiger partial charge in [-0.15, -0.1) is 0 Å². The number of rotatable bonds is 6. The maximum atomic E-state index is 4.22. The van der Waals surface area contributed by atoms with Crippen LogP contribution in [0.3, 0.4) is 0 Å². The number of aromatic nitrogens is 1. The van der Waals surface area contributed by atoms with Crippen molar-refractivity contribution in [1.29, 1.82) is 0 Å². The molecule has 0 radical (unpaired) electrons. The Morgan fingerprint density at radius 2 is 1.94 bits per heavy atom. The molecule has 1 rings (SSSR count). The topological polar surface area (TPSA) is 12.9 Å². The van der Waals surface area contributed by atoms with Crippen LogP contribution in [0.5, 0.6) is 0 Å². The molecule has 4 heteroatoms. The first-order valence-corrected chi connectivity index (χ1v) is 8.41. The first-order chi connectivity index (χ1) is 7.65. The molecule has 0 amide bonds. The maximum absolute atomic E-state index is 4.22. The van der Waals surface area contributed by atoms with E-state index in [1.807, 2.05) is 12.4 Å². The normalized spacial score (nSPS) is 11.8. The third-order valence-electron chi connectivity index (χ3n) is 2.69. The highest BCUT2D eigenvalue weighted by Crippen LogP contribution is 2.33. The Labute approximate surface area is 123 Å². The van der Waals surface area contributed by atoms with Crippen molar-refractivity contribution in [2.75, 3.05) is 10.7 Å². The fourth-order valence-corrected chi connectivity index (χ4v) is 4.17. The number of hydrogen-bond donors (Lipinski definition) is 0. The second-order valence-corrected chi connectivity index (χ2v) is 6.24. The summed E-state index contributed by atoms with van der Waals surface area (Å²) in [6.45, 7) is 2.24. The van der Waals surface area contributed by atoms with Crippen molar-refractivity contribution < 1.29 is 0 Å². The summed E-state index contributed by atoms with van der Waals surface area (Å²) >= 11 is 10.8. The van der Waals surface area contributed by atoms with Gasteiger partial charge >= 0.3 is 0 Å². The zero-order valence-corrected chi connectivity index (χ0v) is 14.1. The molecule has 0 unspecified atom stereocenters. The molecule has 0 bridgehead atoms. The smallest absolute Gasteiger partial charge is 0.0410 e. The zero-order chi connectivity index (χ0) is 12.0. The van der Waals surface area contributed by atoms with E-state index < -0.39 is 0 Å². The molecule has 16 heavy (non-hydrogen) atoms. The molecule has 90 valence electrons. The van der Waals surface area contributed by atoms with Gasteiger partial charge < -0.3 is 0 Å². The van der Waals surface area contributed by atoms with Gasteiger partial charge in [0.05, 0.1) is 0 Å². The summed E-state index contributed by atoms with van der Waals surface area (Å²) in [6, 6.07) is 2.16. The Balaban J connectivity index is 2.82. The van der Waals surface area contributed by atoms with E-state index in [-0.39, 0.29) is 0 Å². The van der Waals surface area contributed by atoms with Crippen molar-refractivity contribution >= 4 is 47.8 Å². The highest BCUT2D eigenvalue weighted by atomic mass is 79.9. The Bertz CT molecular complexity index is 324. The summed E-state index contributed by atoms with van der Waals surface area (Å²) in [4.78, 5) is 4.22. The van der Waals surface area contributed by atoms with Crippen molar-refractivity contribution in [3.8, 4) is 0 Å². The lowest BCUT2D eigenvalue weighted by molar-refractivity contribution is 0.351.